The third kappa shape index (κ3) is 2.92. The molecule has 1 aliphatic carbocycles. The summed E-state index contributed by atoms with van der Waals surface area (Å²) in [6, 6.07) is 5.13. The van der Waals surface area contributed by atoms with Crippen LogP contribution in [0.4, 0.5) is 0 Å². The summed E-state index contributed by atoms with van der Waals surface area (Å²) in [5, 5.41) is 3.55. The minimum absolute atomic E-state index is 0.573. The predicted octanol–water partition coefficient (Wildman–Crippen LogP) is 4.39. The predicted molar refractivity (Wildman–Crippen MR) is 76.5 cm³/mol. The van der Waals surface area contributed by atoms with Crippen molar-refractivity contribution < 1.29 is 0 Å². The van der Waals surface area contributed by atoms with E-state index in [0.29, 0.717) is 6.04 Å². The number of nitrogens with one attached hydrogen (secondary N) is 1. The molecule has 0 aliphatic heterocycles. The van der Waals surface area contributed by atoms with Gasteiger partial charge in [0.1, 0.15) is 0 Å². The van der Waals surface area contributed by atoms with Gasteiger partial charge >= 0.3 is 0 Å². The largest absolute Gasteiger partial charge is 0.312 e. The fraction of sp³-hybridized carbons (Fsp3) is 0.733. The minimum atomic E-state index is 0.573. The van der Waals surface area contributed by atoms with Gasteiger partial charge in [-0.1, -0.05) is 20.3 Å². The van der Waals surface area contributed by atoms with Gasteiger partial charge in [0.05, 0.1) is 0 Å². The highest BCUT2D eigenvalue weighted by Gasteiger charge is 2.30. The molecule has 1 nitrogen and oxygen atoms in total. The van der Waals surface area contributed by atoms with Crippen LogP contribution >= 0.6 is 11.3 Å². The van der Waals surface area contributed by atoms with Gasteiger partial charge in [0.25, 0.3) is 0 Å². The Bertz CT molecular complexity index is 358. The van der Waals surface area contributed by atoms with E-state index in [4.69, 9.17) is 0 Å². The molecule has 1 fully saturated rings. The second-order valence-corrected chi connectivity index (χ2v) is 7.06. The van der Waals surface area contributed by atoms with Gasteiger partial charge in [-0.15, -0.1) is 11.3 Å². The first-order valence-electron chi connectivity index (χ1n) is 6.85. The Morgan fingerprint density at radius 2 is 2.00 bits per heavy atom. The van der Waals surface area contributed by atoms with E-state index in [0.717, 1.165) is 17.8 Å². The Labute approximate surface area is 110 Å². The van der Waals surface area contributed by atoms with Gasteiger partial charge in [0.2, 0.25) is 0 Å². The molecule has 0 spiro atoms. The molecule has 4 unspecified atom stereocenters. The van der Waals surface area contributed by atoms with Crippen LogP contribution in [0.25, 0.3) is 0 Å². The average molecular weight is 251 g/mol. The molecular weight excluding hydrogens is 226 g/mol. The summed E-state index contributed by atoms with van der Waals surface area (Å²) < 4.78 is 0. The molecular formula is C15H25NS. The summed E-state index contributed by atoms with van der Waals surface area (Å²) in [4.78, 5) is 2.95. The lowest BCUT2D eigenvalue weighted by molar-refractivity contribution is 0.176. The smallest absolute Gasteiger partial charge is 0.0441 e. The van der Waals surface area contributed by atoms with E-state index in [9.17, 15) is 0 Å². The van der Waals surface area contributed by atoms with Crippen LogP contribution in [-0.4, -0.2) is 7.05 Å². The molecule has 0 amide bonds. The summed E-state index contributed by atoms with van der Waals surface area (Å²) in [6.07, 6.45) is 4.16. The van der Waals surface area contributed by atoms with Gasteiger partial charge in [-0.2, -0.15) is 0 Å². The molecule has 1 saturated carbocycles. The lowest BCUT2D eigenvalue weighted by Crippen LogP contribution is -2.31. The highest BCUT2D eigenvalue weighted by atomic mass is 32.1. The van der Waals surface area contributed by atoms with Gasteiger partial charge in [-0.25, -0.2) is 0 Å². The van der Waals surface area contributed by atoms with E-state index in [2.05, 4.69) is 45.3 Å². The molecule has 1 N–H and O–H groups in total. The van der Waals surface area contributed by atoms with Crippen molar-refractivity contribution in [1.29, 1.82) is 0 Å². The maximum atomic E-state index is 3.55. The van der Waals surface area contributed by atoms with Gasteiger partial charge in [-0.05, 0) is 56.7 Å². The van der Waals surface area contributed by atoms with Crippen molar-refractivity contribution >= 4 is 11.3 Å². The molecule has 1 aromatic heterocycles. The Balaban J connectivity index is 2.08. The maximum Gasteiger partial charge on any atom is 0.0441 e. The first kappa shape index (κ1) is 13.1. The number of rotatable bonds is 3. The highest BCUT2D eigenvalue weighted by molar-refractivity contribution is 7.12. The maximum absolute atomic E-state index is 3.55. The van der Waals surface area contributed by atoms with Crippen LogP contribution in [0.3, 0.4) is 0 Å². The molecule has 2 rings (SSSR count). The zero-order valence-corrected chi connectivity index (χ0v) is 12.3. The van der Waals surface area contributed by atoms with Gasteiger partial charge in [0.15, 0.2) is 0 Å². The van der Waals surface area contributed by atoms with E-state index in [1.807, 2.05) is 11.3 Å². The highest BCUT2D eigenvalue weighted by Crippen LogP contribution is 2.41. The Hall–Kier alpha value is -0.340. The molecule has 17 heavy (non-hydrogen) atoms. The normalized spacial score (nSPS) is 31.4. The lowest BCUT2D eigenvalue weighted by Gasteiger charge is -2.36. The van der Waals surface area contributed by atoms with Crippen LogP contribution in [0.1, 0.15) is 48.9 Å². The summed E-state index contributed by atoms with van der Waals surface area (Å²) in [6.45, 7) is 7.03. The Morgan fingerprint density at radius 1 is 1.24 bits per heavy atom. The van der Waals surface area contributed by atoms with Crippen LogP contribution in [0.15, 0.2) is 12.1 Å². The molecule has 0 bridgehead atoms. The van der Waals surface area contributed by atoms with E-state index in [1.165, 1.54) is 29.0 Å². The minimum Gasteiger partial charge on any atom is -0.312 e. The molecule has 0 aromatic carbocycles. The van der Waals surface area contributed by atoms with Crippen molar-refractivity contribution in [1.82, 2.24) is 5.32 Å². The fourth-order valence-corrected chi connectivity index (χ4v) is 4.20. The zero-order chi connectivity index (χ0) is 12.4. The van der Waals surface area contributed by atoms with Gasteiger partial charge in [0, 0.05) is 15.8 Å². The topological polar surface area (TPSA) is 12.0 Å². The molecule has 1 aliphatic rings. The lowest BCUT2D eigenvalue weighted by atomic mass is 9.73. The second-order valence-electron chi connectivity index (χ2n) is 5.74. The molecule has 0 radical (unpaired) electrons. The first-order valence-corrected chi connectivity index (χ1v) is 7.67. The van der Waals surface area contributed by atoms with Crippen LogP contribution in [0.5, 0.6) is 0 Å². The van der Waals surface area contributed by atoms with Crippen LogP contribution < -0.4 is 5.32 Å². The second kappa shape index (κ2) is 5.53. The van der Waals surface area contributed by atoms with Crippen molar-refractivity contribution in [2.75, 3.05) is 7.05 Å². The van der Waals surface area contributed by atoms with Crippen molar-refractivity contribution in [3.63, 3.8) is 0 Å². The van der Waals surface area contributed by atoms with Crippen LogP contribution in [0, 0.1) is 24.7 Å². The Morgan fingerprint density at radius 3 is 2.53 bits per heavy atom. The van der Waals surface area contributed by atoms with Crippen LogP contribution in [0.2, 0.25) is 0 Å². The summed E-state index contributed by atoms with van der Waals surface area (Å²) in [5.74, 6) is 2.61. The fourth-order valence-electron chi connectivity index (χ4n) is 3.12. The quantitative estimate of drug-likeness (QED) is 0.840. The zero-order valence-electron chi connectivity index (χ0n) is 11.5. The van der Waals surface area contributed by atoms with Crippen molar-refractivity contribution in [2.24, 2.45) is 17.8 Å². The number of hydrogen-bond acceptors (Lipinski definition) is 2. The third-order valence-electron chi connectivity index (χ3n) is 4.49. The van der Waals surface area contributed by atoms with Crippen molar-refractivity contribution in [3.05, 3.63) is 21.9 Å². The molecule has 4 atom stereocenters. The first-order chi connectivity index (χ1) is 8.11. The van der Waals surface area contributed by atoms with E-state index >= 15 is 0 Å². The van der Waals surface area contributed by atoms with Crippen molar-refractivity contribution in [2.45, 2.75) is 46.1 Å². The molecule has 2 heteroatoms. The summed E-state index contributed by atoms with van der Waals surface area (Å²) in [5.41, 5.74) is 0. The average Bonchev–Trinajstić information content (AvgIpc) is 2.71. The summed E-state index contributed by atoms with van der Waals surface area (Å²) >= 11 is 1.95. The molecule has 1 aromatic rings. The monoisotopic (exact) mass is 251 g/mol. The van der Waals surface area contributed by atoms with Crippen LogP contribution in [-0.2, 0) is 0 Å². The SMILES string of the molecule is CNC(c1ccc(C)s1)C1CCC(C)C(C)C1. The van der Waals surface area contributed by atoms with E-state index in [1.54, 1.807) is 0 Å². The molecule has 96 valence electrons. The standard InChI is InChI=1S/C15H25NS/c1-10-5-7-13(9-11(10)2)15(16-4)14-8-6-12(3)17-14/h6,8,10-11,13,15-16H,5,7,9H2,1-4H3. The number of aryl methyl sites for hydroxylation is 1. The Kier molecular flexibility index (Phi) is 4.26. The molecule has 0 saturated heterocycles. The number of hydrogen-bond donors (Lipinski definition) is 1. The van der Waals surface area contributed by atoms with Gasteiger partial charge < -0.3 is 5.32 Å². The molecule has 1 heterocycles. The van der Waals surface area contributed by atoms with E-state index < -0.39 is 0 Å². The third-order valence-corrected chi connectivity index (χ3v) is 5.57. The summed E-state index contributed by atoms with van der Waals surface area (Å²) in [7, 11) is 2.11. The number of thiophene rings is 1. The van der Waals surface area contributed by atoms with Crippen molar-refractivity contribution in [3.8, 4) is 0 Å². The van der Waals surface area contributed by atoms with Gasteiger partial charge in [-0.3, -0.25) is 0 Å². The van der Waals surface area contributed by atoms with E-state index in [-0.39, 0.29) is 0 Å².